The summed E-state index contributed by atoms with van der Waals surface area (Å²) in [4.78, 5) is 0. The molecule has 1 saturated heterocycles. The highest BCUT2D eigenvalue weighted by molar-refractivity contribution is 9.10. The minimum atomic E-state index is -2.63. The van der Waals surface area contributed by atoms with E-state index >= 15 is 0 Å². The highest BCUT2D eigenvalue weighted by atomic mass is 79.9. The first-order chi connectivity index (χ1) is 11.6. The largest absolute Gasteiger partial charge is 0.356 e. The quantitative estimate of drug-likeness (QED) is 0.607. The van der Waals surface area contributed by atoms with Crippen molar-refractivity contribution in [1.29, 1.82) is 0 Å². The van der Waals surface area contributed by atoms with Gasteiger partial charge in [-0.15, -0.1) is 10.2 Å². The lowest BCUT2D eigenvalue weighted by atomic mass is 10.2. The molecule has 0 radical (unpaired) electrons. The molecule has 1 aromatic carbocycles. The fourth-order valence-electron chi connectivity index (χ4n) is 2.83. The molecule has 24 heavy (non-hydrogen) atoms. The van der Waals surface area contributed by atoms with Crippen LogP contribution in [0, 0.1) is 0 Å². The Kier molecular flexibility index (Phi) is 4.31. The number of nitrogens with zero attached hydrogens (tertiary/aromatic N) is 4. The number of hydrogen-bond acceptors (Lipinski definition) is 5. The number of ether oxygens (including phenoxy) is 1. The molecule has 1 aliphatic rings. The van der Waals surface area contributed by atoms with Crippen molar-refractivity contribution in [3.05, 3.63) is 27.7 Å². The van der Waals surface area contributed by atoms with Crippen LogP contribution in [0.25, 0.3) is 21.6 Å². The summed E-state index contributed by atoms with van der Waals surface area (Å²) in [6.45, 7) is 0.701. The third kappa shape index (κ3) is 2.84. The summed E-state index contributed by atoms with van der Waals surface area (Å²) in [6.07, 6.45) is 0.232. The Balaban J connectivity index is 1.86. The van der Waals surface area contributed by atoms with E-state index < -0.39 is 6.43 Å². The zero-order valence-corrected chi connectivity index (χ0v) is 14.9. The second-order valence-electron chi connectivity index (χ2n) is 5.52. The first kappa shape index (κ1) is 16.0. The maximum atomic E-state index is 12.8. The summed E-state index contributed by atoms with van der Waals surface area (Å²) in [6, 6.07) is 5.79. The van der Waals surface area contributed by atoms with Crippen LogP contribution in [0.1, 0.15) is 36.9 Å². The molecule has 0 spiro atoms. The van der Waals surface area contributed by atoms with Crippen LogP contribution >= 0.6 is 27.3 Å². The molecule has 5 nitrogen and oxygen atoms in total. The molecule has 0 aliphatic carbocycles. The normalized spacial score (nSPS) is 18.6. The van der Waals surface area contributed by atoms with Gasteiger partial charge in [-0.1, -0.05) is 27.3 Å². The van der Waals surface area contributed by atoms with Crippen LogP contribution in [0.3, 0.4) is 0 Å². The molecule has 0 bridgehead atoms. The highest BCUT2D eigenvalue weighted by Gasteiger charge is 2.24. The number of fused-ring (bicyclic) bond motifs is 1. The monoisotopic (exact) mass is 414 g/mol. The number of alkyl halides is 2. The van der Waals surface area contributed by atoms with Crippen LogP contribution in [0.5, 0.6) is 0 Å². The van der Waals surface area contributed by atoms with Crippen LogP contribution < -0.4 is 0 Å². The van der Waals surface area contributed by atoms with Gasteiger partial charge in [-0.25, -0.2) is 13.5 Å². The Labute approximate surface area is 148 Å². The van der Waals surface area contributed by atoms with E-state index in [9.17, 15) is 8.78 Å². The van der Waals surface area contributed by atoms with E-state index in [2.05, 4.69) is 31.2 Å². The van der Waals surface area contributed by atoms with Gasteiger partial charge in [0.15, 0.2) is 16.2 Å². The fraction of sp³-hybridized carbons (Fsp3) is 0.400. The standard InChI is InChI=1S/C15H13BrF2N4OS/c16-8-4-5-10-9(7-8)12(14-19-20-15(24-14)13(17)18)21-22(10)11-3-1-2-6-23-11/h4-5,7,11,13H,1-3,6H2. The lowest BCUT2D eigenvalue weighted by Gasteiger charge is -2.23. The number of aromatic nitrogens is 4. The lowest BCUT2D eigenvalue weighted by molar-refractivity contribution is -0.0365. The van der Waals surface area contributed by atoms with Crippen LogP contribution in [0.4, 0.5) is 8.78 Å². The summed E-state index contributed by atoms with van der Waals surface area (Å²) >= 11 is 4.32. The molecule has 1 aliphatic heterocycles. The zero-order valence-electron chi connectivity index (χ0n) is 12.5. The average molecular weight is 415 g/mol. The molecular weight excluding hydrogens is 402 g/mol. The molecule has 126 valence electrons. The van der Waals surface area contributed by atoms with Gasteiger partial charge in [0.25, 0.3) is 6.43 Å². The average Bonchev–Trinajstić information content (AvgIpc) is 3.20. The van der Waals surface area contributed by atoms with Gasteiger partial charge in [0, 0.05) is 16.5 Å². The number of halogens is 3. The van der Waals surface area contributed by atoms with Gasteiger partial charge in [0.1, 0.15) is 5.69 Å². The number of hydrogen-bond donors (Lipinski definition) is 0. The highest BCUT2D eigenvalue weighted by Crippen LogP contribution is 2.36. The molecule has 0 amide bonds. The van der Waals surface area contributed by atoms with Gasteiger partial charge in [0.05, 0.1) is 5.52 Å². The van der Waals surface area contributed by atoms with Crippen molar-refractivity contribution in [2.24, 2.45) is 0 Å². The SMILES string of the molecule is FC(F)c1nnc(-c2nn(C3CCCCO3)c3ccc(Br)cc23)s1. The third-order valence-corrected chi connectivity index (χ3v) is 5.36. The van der Waals surface area contributed by atoms with Gasteiger partial charge in [-0.2, -0.15) is 5.10 Å². The molecule has 2 aromatic heterocycles. The van der Waals surface area contributed by atoms with Crippen LogP contribution in [0.2, 0.25) is 0 Å². The van der Waals surface area contributed by atoms with Gasteiger partial charge in [0.2, 0.25) is 0 Å². The Morgan fingerprint density at radius 2 is 2.17 bits per heavy atom. The molecule has 4 rings (SSSR count). The third-order valence-electron chi connectivity index (χ3n) is 3.93. The molecule has 0 saturated carbocycles. The van der Waals surface area contributed by atoms with Crippen molar-refractivity contribution >= 4 is 38.2 Å². The minimum absolute atomic E-state index is 0.140. The van der Waals surface area contributed by atoms with E-state index in [1.165, 1.54) is 0 Å². The van der Waals surface area contributed by atoms with Crippen molar-refractivity contribution < 1.29 is 13.5 Å². The van der Waals surface area contributed by atoms with Gasteiger partial charge >= 0.3 is 0 Å². The summed E-state index contributed by atoms with van der Waals surface area (Å²) in [5.74, 6) is 0. The minimum Gasteiger partial charge on any atom is -0.356 e. The van der Waals surface area contributed by atoms with E-state index in [0.717, 1.165) is 46.0 Å². The second-order valence-corrected chi connectivity index (χ2v) is 7.45. The van der Waals surface area contributed by atoms with Gasteiger partial charge in [-0.3, -0.25) is 0 Å². The molecular formula is C15H13BrF2N4OS. The van der Waals surface area contributed by atoms with E-state index in [1.807, 2.05) is 22.9 Å². The number of benzene rings is 1. The van der Waals surface area contributed by atoms with E-state index in [0.29, 0.717) is 17.3 Å². The van der Waals surface area contributed by atoms with Crippen molar-refractivity contribution in [3.8, 4) is 10.7 Å². The summed E-state index contributed by atoms with van der Waals surface area (Å²) in [5, 5.41) is 13.0. The van der Waals surface area contributed by atoms with E-state index in [1.54, 1.807) is 0 Å². The van der Waals surface area contributed by atoms with Gasteiger partial charge in [-0.05, 0) is 37.5 Å². The van der Waals surface area contributed by atoms with Crippen molar-refractivity contribution in [3.63, 3.8) is 0 Å². The molecule has 3 aromatic rings. The predicted octanol–water partition coefficient (Wildman–Crippen LogP) is 4.95. The zero-order chi connectivity index (χ0) is 16.7. The van der Waals surface area contributed by atoms with Gasteiger partial charge < -0.3 is 4.74 Å². The maximum absolute atomic E-state index is 12.8. The van der Waals surface area contributed by atoms with E-state index in [-0.39, 0.29) is 11.2 Å². The van der Waals surface area contributed by atoms with Crippen molar-refractivity contribution in [2.75, 3.05) is 6.61 Å². The van der Waals surface area contributed by atoms with Crippen molar-refractivity contribution in [2.45, 2.75) is 31.9 Å². The predicted molar refractivity (Wildman–Crippen MR) is 90.1 cm³/mol. The molecule has 3 heterocycles. The maximum Gasteiger partial charge on any atom is 0.291 e. The molecule has 9 heteroatoms. The fourth-order valence-corrected chi connectivity index (χ4v) is 3.88. The lowest BCUT2D eigenvalue weighted by Crippen LogP contribution is -2.19. The van der Waals surface area contributed by atoms with E-state index in [4.69, 9.17) is 4.74 Å². The van der Waals surface area contributed by atoms with Crippen LogP contribution in [-0.4, -0.2) is 26.6 Å². The van der Waals surface area contributed by atoms with Crippen LogP contribution in [-0.2, 0) is 4.74 Å². The summed E-state index contributed by atoms with van der Waals surface area (Å²) in [5.41, 5.74) is 1.46. The molecule has 1 atom stereocenters. The Morgan fingerprint density at radius 3 is 2.88 bits per heavy atom. The summed E-state index contributed by atoms with van der Waals surface area (Å²) in [7, 11) is 0. The Hall–Kier alpha value is -1.45. The molecule has 1 unspecified atom stereocenters. The first-order valence-electron chi connectivity index (χ1n) is 7.55. The van der Waals surface area contributed by atoms with Crippen molar-refractivity contribution in [1.82, 2.24) is 20.0 Å². The molecule has 1 fully saturated rings. The smallest absolute Gasteiger partial charge is 0.291 e. The Morgan fingerprint density at radius 1 is 1.29 bits per heavy atom. The second kappa shape index (κ2) is 6.45. The molecule has 0 N–H and O–H groups in total. The first-order valence-corrected chi connectivity index (χ1v) is 9.16. The topological polar surface area (TPSA) is 52.8 Å². The van der Waals surface area contributed by atoms with Crippen LogP contribution in [0.15, 0.2) is 22.7 Å². The number of rotatable bonds is 3. The Bertz CT molecular complexity index is 876. The summed E-state index contributed by atoms with van der Waals surface area (Å²) < 4.78 is 34.2.